The minimum Gasteiger partial charge on any atom is -0.330 e. The van der Waals surface area contributed by atoms with Crippen molar-refractivity contribution in [2.45, 2.75) is 31.1 Å². The molecule has 0 bridgehead atoms. The van der Waals surface area contributed by atoms with Crippen LogP contribution in [-0.4, -0.2) is 22.5 Å². The molecule has 1 aliphatic carbocycles. The van der Waals surface area contributed by atoms with Gasteiger partial charge in [-0.2, -0.15) is 5.10 Å². The summed E-state index contributed by atoms with van der Waals surface area (Å²) < 4.78 is 27.9. The lowest BCUT2D eigenvalue weighted by molar-refractivity contribution is -0.134. The van der Waals surface area contributed by atoms with E-state index in [-0.39, 0.29) is 17.4 Å². The van der Waals surface area contributed by atoms with Crippen molar-refractivity contribution in [3.05, 3.63) is 70.8 Å². The molecule has 1 amide bonds. The predicted molar refractivity (Wildman–Crippen MR) is 107 cm³/mol. The van der Waals surface area contributed by atoms with Gasteiger partial charge in [0.2, 0.25) is 5.91 Å². The van der Waals surface area contributed by atoms with E-state index in [4.69, 9.17) is 5.73 Å². The fourth-order valence-corrected chi connectivity index (χ4v) is 5.91. The molecule has 2 aromatic carbocycles. The first-order chi connectivity index (χ1) is 13.5. The summed E-state index contributed by atoms with van der Waals surface area (Å²) in [6, 6.07) is 11.4. The Hall–Kier alpha value is -2.25. The van der Waals surface area contributed by atoms with Gasteiger partial charge in [-0.15, -0.1) is 0 Å². The van der Waals surface area contributed by atoms with Gasteiger partial charge in [-0.3, -0.25) is 4.79 Å². The molecule has 28 heavy (non-hydrogen) atoms. The number of nitrogens with zero attached hydrogens (tertiary/aromatic N) is 2. The fraction of sp³-hybridized carbons (Fsp3) is 0.333. The maximum absolute atomic E-state index is 14.5. The van der Waals surface area contributed by atoms with E-state index in [1.54, 1.807) is 0 Å². The molecule has 0 saturated heterocycles. The van der Waals surface area contributed by atoms with Gasteiger partial charge in [0.1, 0.15) is 21.5 Å². The zero-order valence-corrected chi connectivity index (χ0v) is 16.3. The van der Waals surface area contributed by atoms with E-state index >= 15 is 0 Å². The van der Waals surface area contributed by atoms with Crippen LogP contribution >= 0.6 is 11.8 Å². The average Bonchev–Trinajstić information content (AvgIpc) is 3.06. The number of benzene rings is 2. The molecule has 2 atom stereocenters. The molecule has 2 aromatic rings. The highest BCUT2D eigenvalue weighted by Gasteiger charge is 2.55. The second kappa shape index (κ2) is 7.29. The van der Waals surface area contributed by atoms with Crippen molar-refractivity contribution < 1.29 is 13.6 Å². The van der Waals surface area contributed by atoms with Gasteiger partial charge in [-0.1, -0.05) is 36.0 Å². The molecule has 0 saturated carbocycles. The molecule has 0 fully saturated rings. The quantitative estimate of drug-likeness (QED) is 0.846. The highest BCUT2D eigenvalue weighted by atomic mass is 32.2. The normalized spacial score (nSPS) is 23.6. The Morgan fingerprint density at radius 3 is 2.82 bits per heavy atom. The molecular weight excluding hydrogens is 380 g/mol. The standard InChI is InChI=1S/C21H21F2N3OS/c1-13(27)26-21(28-20(25-26)17-9-8-16(22)12-19(17)23)15(10-11-24)7-6-14-4-2-3-5-18(14)21/h2-5,8-9,12,15H,6-7,10-11,24H2,1H3/t15-,21+/m1/s1. The Balaban J connectivity index is 1.88. The number of halogens is 2. The third-order valence-corrected chi connectivity index (χ3v) is 6.98. The third-order valence-electron chi connectivity index (χ3n) is 5.45. The number of thioether (sulfide) groups is 1. The van der Waals surface area contributed by atoms with Crippen molar-refractivity contribution in [1.82, 2.24) is 5.01 Å². The zero-order chi connectivity index (χ0) is 19.9. The maximum atomic E-state index is 14.5. The summed E-state index contributed by atoms with van der Waals surface area (Å²) in [5.74, 6) is -1.48. The van der Waals surface area contributed by atoms with Crippen molar-refractivity contribution in [2.75, 3.05) is 6.54 Å². The second-order valence-corrected chi connectivity index (χ2v) is 8.34. The Kier molecular flexibility index (Phi) is 4.97. The van der Waals surface area contributed by atoms with Crippen molar-refractivity contribution >= 4 is 22.7 Å². The number of hydrazone groups is 1. The Morgan fingerprint density at radius 2 is 2.11 bits per heavy atom. The SMILES string of the molecule is CC(=O)N1N=C(c2ccc(F)cc2F)S[C@@]12c1ccccc1CC[C@@H]2CCN. The molecule has 4 rings (SSSR count). The lowest BCUT2D eigenvalue weighted by Gasteiger charge is -2.45. The number of amides is 1. The molecule has 146 valence electrons. The van der Waals surface area contributed by atoms with E-state index in [0.717, 1.165) is 36.5 Å². The molecule has 2 aliphatic rings. The van der Waals surface area contributed by atoms with Crippen LogP contribution in [-0.2, 0) is 16.1 Å². The van der Waals surface area contributed by atoms with Gasteiger partial charge in [-0.05, 0) is 55.0 Å². The summed E-state index contributed by atoms with van der Waals surface area (Å²) in [7, 11) is 0. The van der Waals surface area contributed by atoms with Crippen LogP contribution in [0.25, 0.3) is 0 Å². The lowest BCUT2D eigenvalue weighted by Crippen LogP contribution is -2.49. The number of hydrogen-bond acceptors (Lipinski definition) is 4. The van der Waals surface area contributed by atoms with Crippen LogP contribution in [0.2, 0.25) is 0 Å². The molecule has 0 unspecified atom stereocenters. The van der Waals surface area contributed by atoms with Gasteiger partial charge >= 0.3 is 0 Å². The van der Waals surface area contributed by atoms with Crippen LogP contribution in [0.4, 0.5) is 8.78 Å². The topological polar surface area (TPSA) is 58.7 Å². The van der Waals surface area contributed by atoms with E-state index in [1.165, 1.54) is 35.8 Å². The van der Waals surface area contributed by atoms with Crippen LogP contribution in [0.3, 0.4) is 0 Å². The third kappa shape index (κ3) is 2.93. The van der Waals surface area contributed by atoms with E-state index < -0.39 is 16.5 Å². The van der Waals surface area contributed by atoms with Crippen molar-refractivity contribution in [3.63, 3.8) is 0 Å². The Morgan fingerprint density at radius 1 is 1.32 bits per heavy atom. The number of carbonyl (C=O) groups excluding carboxylic acids is 1. The predicted octanol–water partition coefficient (Wildman–Crippen LogP) is 3.99. The molecule has 0 radical (unpaired) electrons. The molecule has 0 aromatic heterocycles. The monoisotopic (exact) mass is 401 g/mol. The van der Waals surface area contributed by atoms with E-state index in [1.807, 2.05) is 18.2 Å². The zero-order valence-electron chi connectivity index (χ0n) is 15.5. The lowest BCUT2D eigenvalue weighted by atomic mass is 9.77. The molecule has 7 heteroatoms. The van der Waals surface area contributed by atoms with E-state index in [2.05, 4.69) is 11.2 Å². The minimum atomic E-state index is -0.768. The van der Waals surface area contributed by atoms with Crippen molar-refractivity contribution in [2.24, 2.45) is 16.8 Å². The summed E-state index contributed by atoms with van der Waals surface area (Å²) >= 11 is 1.37. The first-order valence-corrected chi connectivity index (χ1v) is 10.1. The largest absolute Gasteiger partial charge is 0.330 e. The van der Waals surface area contributed by atoms with Gasteiger partial charge in [0.05, 0.1) is 0 Å². The van der Waals surface area contributed by atoms with Crippen LogP contribution in [0.5, 0.6) is 0 Å². The maximum Gasteiger partial charge on any atom is 0.241 e. The summed E-state index contributed by atoms with van der Waals surface area (Å²) in [6.07, 6.45) is 2.48. The van der Waals surface area contributed by atoms with Gasteiger partial charge < -0.3 is 5.73 Å². The second-order valence-electron chi connectivity index (χ2n) is 7.13. The van der Waals surface area contributed by atoms with E-state index in [9.17, 15) is 13.6 Å². The van der Waals surface area contributed by atoms with Gasteiger partial charge in [0, 0.05) is 18.6 Å². The van der Waals surface area contributed by atoms with Gasteiger partial charge in [0.25, 0.3) is 0 Å². The Bertz CT molecular complexity index is 964. The first kappa shape index (κ1) is 19.1. The first-order valence-electron chi connectivity index (χ1n) is 9.29. The smallest absolute Gasteiger partial charge is 0.241 e. The average molecular weight is 401 g/mol. The summed E-state index contributed by atoms with van der Waals surface area (Å²) in [4.78, 5) is 11.8. The van der Waals surface area contributed by atoms with Crippen LogP contribution in [0.15, 0.2) is 47.6 Å². The number of aryl methyl sites for hydroxylation is 1. The summed E-state index contributed by atoms with van der Waals surface area (Å²) in [6.45, 7) is 1.95. The molecule has 4 nitrogen and oxygen atoms in total. The minimum absolute atomic E-state index is 0.0751. The van der Waals surface area contributed by atoms with Crippen molar-refractivity contribution in [1.29, 1.82) is 0 Å². The molecule has 2 N–H and O–H groups in total. The van der Waals surface area contributed by atoms with Crippen LogP contribution < -0.4 is 5.73 Å². The molecule has 1 aliphatic heterocycles. The van der Waals surface area contributed by atoms with Crippen LogP contribution in [0.1, 0.15) is 36.5 Å². The number of carbonyl (C=O) groups is 1. The van der Waals surface area contributed by atoms with Gasteiger partial charge in [0.15, 0.2) is 0 Å². The number of rotatable bonds is 3. The fourth-order valence-electron chi connectivity index (χ4n) is 4.25. The summed E-state index contributed by atoms with van der Waals surface area (Å²) in [5.41, 5.74) is 8.26. The molecule has 1 heterocycles. The number of hydrogen-bond donors (Lipinski definition) is 1. The van der Waals surface area contributed by atoms with E-state index in [0.29, 0.717) is 11.6 Å². The highest BCUT2D eigenvalue weighted by molar-refractivity contribution is 8.15. The van der Waals surface area contributed by atoms with Crippen molar-refractivity contribution in [3.8, 4) is 0 Å². The molecule has 1 spiro atoms. The Labute approximate surface area is 166 Å². The summed E-state index contributed by atoms with van der Waals surface area (Å²) in [5, 5.41) is 6.38. The van der Waals surface area contributed by atoms with Crippen LogP contribution in [0, 0.1) is 17.6 Å². The van der Waals surface area contributed by atoms with Gasteiger partial charge in [-0.25, -0.2) is 13.8 Å². The number of nitrogens with two attached hydrogens (primary N) is 1. The highest BCUT2D eigenvalue weighted by Crippen LogP contribution is 2.57. The number of fused-ring (bicyclic) bond motifs is 2. The molecular formula is C21H21F2N3OS.